The minimum atomic E-state index is -0.594. The maximum Gasteiger partial charge on any atom is 0.223 e. The van der Waals surface area contributed by atoms with Crippen molar-refractivity contribution in [3.05, 3.63) is 83.1 Å². The average Bonchev–Trinajstić information content (AvgIpc) is 3.54. The van der Waals surface area contributed by atoms with Gasteiger partial charge in [-0.2, -0.15) is 4.39 Å². The number of benzene rings is 1. The van der Waals surface area contributed by atoms with Crippen LogP contribution >= 0.6 is 11.3 Å². The highest BCUT2D eigenvalue weighted by atomic mass is 32.1. The maximum atomic E-state index is 14.1. The summed E-state index contributed by atoms with van der Waals surface area (Å²) in [6.45, 7) is 3.00. The molecule has 0 aliphatic rings. The van der Waals surface area contributed by atoms with E-state index in [0.717, 1.165) is 26.2 Å². The van der Waals surface area contributed by atoms with Crippen LogP contribution in [0, 0.1) is 5.95 Å². The number of halogens is 1. The number of nitrogens with one attached hydrogen (secondary N) is 1. The van der Waals surface area contributed by atoms with Crippen LogP contribution in [0.1, 0.15) is 18.5 Å². The third-order valence-electron chi connectivity index (χ3n) is 5.41. The number of nitrogens with zero attached hydrogens (tertiary/aromatic N) is 9. The van der Waals surface area contributed by atoms with E-state index in [-0.39, 0.29) is 0 Å². The second kappa shape index (κ2) is 9.84. The van der Waals surface area contributed by atoms with E-state index in [1.54, 1.807) is 41.5 Å². The van der Waals surface area contributed by atoms with Crippen molar-refractivity contribution in [3.63, 3.8) is 0 Å². The number of pyridine rings is 1. The van der Waals surface area contributed by atoms with E-state index >= 15 is 0 Å². The Balaban J connectivity index is 1.49. The van der Waals surface area contributed by atoms with Gasteiger partial charge in [-0.25, -0.2) is 15.0 Å². The van der Waals surface area contributed by atoms with Crippen LogP contribution in [-0.2, 0) is 6.54 Å². The van der Waals surface area contributed by atoms with Crippen molar-refractivity contribution < 1.29 is 4.39 Å². The van der Waals surface area contributed by atoms with Gasteiger partial charge >= 0.3 is 0 Å². The zero-order chi connectivity index (χ0) is 24.2. The smallest absolute Gasteiger partial charge is 0.223 e. The van der Waals surface area contributed by atoms with Crippen LogP contribution in [0.5, 0.6) is 0 Å². The first-order valence-corrected chi connectivity index (χ1v) is 11.6. The zero-order valence-corrected chi connectivity index (χ0v) is 19.4. The Morgan fingerprint density at radius 1 is 1.20 bits per heavy atom. The number of azide groups is 1. The van der Waals surface area contributed by atoms with Crippen LogP contribution in [-0.4, -0.2) is 36.5 Å². The number of hydrogen-bond donors (Lipinski definition) is 1. The number of hydrogen-bond acceptors (Lipinski definition) is 8. The van der Waals surface area contributed by atoms with Crippen molar-refractivity contribution in [3.8, 4) is 21.7 Å². The normalized spacial score (nSPS) is 11.8. The fourth-order valence-corrected chi connectivity index (χ4v) is 4.92. The summed E-state index contributed by atoms with van der Waals surface area (Å²) in [6.07, 6.45) is 6.57. The lowest BCUT2D eigenvalue weighted by Gasteiger charge is -2.13. The molecule has 4 heterocycles. The molecule has 1 atom stereocenters. The lowest BCUT2D eigenvalue weighted by atomic mass is 9.97. The number of anilines is 1. The summed E-state index contributed by atoms with van der Waals surface area (Å²) in [4.78, 5) is 16.6. The molecule has 0 aliphatic carbocycles. The van der Waals surface area contributed by atoms with Crippen LogP contribution in [0.3, 0.4) is 0 Å². The molecule has 12 heteroatoms. The Morgan fingerprint density at radius 3 is 2.94 bits per heavy atom. The van der Waals surface area contributed by atoms with Gasteiger partial charge in [-0.1, -0.05) is 35.5 Å². The van der Waals surface area contributed by atoms with Gasteiger partial charge in [0.05, 0.1) is 29.4 Å². The highest BCUT2D eigenvalue weighted by molar-refractivity contribution is 7.22. The zero-order valence-electron chi connectivity index (χ0n) is 18.6. The van der Waals surface area contributed by atoms with Crippen LogP contribution in [0.15, 0.2) is 66.3 Å². The van der Waals surface area contributed by atoms with E-state index in [9.17, 15) is 4.39 Å². The quantitative estimate of drug-likeness (QED) is 0.131. The number of fused-ring (bicyclic) bond motifs is 1. The molecule has 10 nitrogen and oxygen atoms in total. The highest BCUT2D eigenvalue weighted by Gasteiger charge is 2.17. The Morgan fingerprint density at radius 2 is 2.11 bits per heavy atom. The molecule has 1 N–H and O–H groups in total. The lowest BCUT2D eigenvalue weighted by Crippen LogP contribution is -2.12. The Labute approximate surface area is 203 Å². The third-order valence-corrected chi connectivity index (χ3v) is 6.62. The molecule has 0 bridgehead atoms. The van der Waals surface area contributed by atoms with Crippen molar-refractivity contribution in [2.24, 2.45) is 5.11 Å². The summed E-state index contributed by atoms with van der Waals surface area (Å²) >= 11 is 1.56. The summed E-state index contributed by atoms with van der Waals surface area (Å²) in [5, 5.41) is 15.7. The predicted octanol–water partition coefficient (Wildman–Crippen LogP) is 5.63. The second-order valence-corrected chi connectivity index (χ2v) is 8.72. The topological polar surface area (TPSA) is 130 Å². The Bertz CT molecular complexity index is 1520. The molecule has 5 aromatic rings. The van der Waals surface area contributed by atoms with Crippen LogP contribution in [0.25, 0.3) is 42.2 Å². The van der Waals surface area contributed by atoms with Crippen LogP contribution in [0.2, 0.25) is 0 Å². The fraction of sp³-hybridized carbons (Fsp3) is 0.174. The van der Waals surface area contributed by atoms with Gasteiger partial charge in [0.2, 0.25) is 11.9 Å². The van der Waals surface area contributed by atoms with Gasteiger partial charge in [0.25, 0.3) is 0 Å². The Kier molecular flexibility index (Phi) is 6.29. The van der Waals surface area contributed by atoms with Crippen LogP contribution < -0.4 is 5.32 Å². The fourth-order valence-electron chi connectivity index (χ4n) is 3.76. The summed E-state index contributed by atoms with van der Waals surface area (Å²) in [5.74, 6) is -0.0787. The van der Waals surface area contributed by atoms with E-state index in [0.29, 0.717) is 30.2 Å². The minimum Gasteiger partial charge on any atom is -0.352 e. The molecular weight excluding hydrogens is 467 g/mol. The molecule has 0 spiro atoms. The van der Waals surface area contributed by atoms with Gasteiger partial charge < -0.3 is 5.32 Å². The monoisotopic (exact) mass is 486 g/mol. The van der Waals surface area contributed by atoms with Crippen molar-refractivity contribution in [2.75, 3.05) is 11.9 Å². The van der Waals surface area contributed by atoms with Crippen molar-refractivity contribution in [2.45, 2.75) is 19.5 Å². The molecule has 0 saturated carbocycles. The molecule has 5 rings (SSSR count). The highest BCUT2D eigenvalue weighted by Crippen LogP contribution is 2.41. The molecule has 174 valence electrons. The first-order chi connectivity index (χ1) is 17.1. The molecule has 0 radical (unpaired) electrons. The van der Waals surface area contributed by atoms with Crippen molar-refractivity contribution in [1.29, 1.82) is 0 Å². The average molecular weight is 487 g/mol. The predicted molar refractivity (Wildman–Crippen MR) is 132 cm³/mol. The van der Waals surface area contributed by atoms with Gasteiger partial charge in [0.15, 0.2) is 0 Å². The summed E-state index contributed by atoms with van der Waals surface area (Å²) in [5.41, 5.74) is 11.8. The van der Waals surface area contributed by atoms with Gasteiger partial charge in [0.1, 0.15) is 0 Å². The van der Waals surface area contributed by atoms with Gasteiger partial charge in [0, 0.05) is 46.4 Å². The first kappa shape index (κ1) is 22.4. The van der Waals surface area contributed by atoms with Crippen molar-refractivity contribution >= 4 is 27.4 Å². The third kappa shape index (κ3) is 4.79. The van der Waals surface area contributed by atoms with Crippen LogP contribution in [0.4, 0.5) is 10.3 Å². The van der Waals surface area contributed by atoms with Gasteiger partial charge in [-0.3, -0.25) is 4.68 Å². The lowest BCUT2D eigenvalue weighted by molar-refractivity contribution is 0.581. The van der Waals surface area contributed by atoms with Crippen molar-refractivity contribution in [1.82, 2.24) is 29.9 Å². The Hall–Kier alpha value is -4.41. The number of thiophene rings is 1. The molecule has 1 aromatic carbocycles. The first-order valence-electron chi connectivity index (χ1n) is 10.8. The SMILES string of the molecule is CC(N=[N+]=[N-])c1cnc(F)cc1-c1cccc2cc(-c3ccnc(NCCn4ccnn4)n3)sc12. The van der Waals surface area contributed by atoms with Gasteiger partial charge in [-0.05, 0) is 34.2 Å². The van der Waals surface area contributed by atoms with E-state index in [1.807, 2.05) is 24.3 Å². The minimum absolute atomic E-state index is 0.495. The number of rotatable bonds is 8. The molecule has 0 fully saturated rings. The summed E-state index contributed by atoms with van der Waals surface area (Å²) in [7, 11) is 0. The van der Waals surface area contributed by atoms with Gasteiger partial charge in [-0.15, -0.1) is 16.4 Å². The van der Waals surface area contributed by atoms with E-state index < -0.39 is 12.0 Å². The molecule has 0 aliphatic heterocycles. The maximum absolute atomic E-state index is 14.1. The van der Waals surface area contributed by atoms with E-state index in [1.165, 1.54) is 12.3 Å². The van der Waals surface area contributed by atoms with E-state index in [4.69, 9.17) is 5.53 Å². The second-order valence-electron chi connectivity index (χ2n) is 7.67. The van der Waals surface area contributed by atoms with E-state index in [2.05, 4.69) is 46.7 Å². The molecule has 0 amide bonds. The molecule has 1 unspecified atom stereocenters. The summed E-state index contributed by atoms with van der Waals surface area (Å²) in [6, 6.07) is 10.7. The number of aromatic nitrogens is 6. The summed E-state index contributed by atoms with van der Waals surface area (Å²) < 4.78 is 16.8. The molecule has 4 aromatic heterocycles. The molecular formula is C23H19FN10S. The largest absolute Gasteiger partial charge is 0.352 e. The molecule has 0 saturated heterocycles. The molecule has 35 heavy (non-hydrogen) atoms. The standard InChI is InChI=1S/C23H19FN10S/c1-14(31-32-25)18-13-28-21(24)12-17(18)16-4-2-3-15-11-20(35-22(15)16)19-5-6-26-23(30-19)27-7-9-34-10-8-29-33-34/h2-6,8,10-14H,7,9H2,1H3,(H,26,27,30).